The van der Waals surface area contributed by atoms with Crippen molar-refractivity contribution in [3.63, 3.8) is 0 Å². The Balaban J connectivity index is 2.18. The lowest BCUT2D eigenvalue weighted by atomic mass is 10.1. The van der Waals surface area contributed by atoms with E-state index in [1.807, 2.05) is 6.92 Å². The first-order valence-corrected chi connectivity index (χ1v) is 5.73. The molecule has 1 amide bonds. The maximum absolute atomic E-state index is 11.4. The smallest absolute Gasteiger partial charge is 0.306 e. The number of hydrogen-bond donors (Lipinski definition) is 2. The largest absolute Gasteiger partial charge is 0.481 e. The Morgan fingerprint density at radius 3 is 2.75 bits per heavy atom. The molecule has 1 aliphatic carbocycles. The summed E-state index contributed by atoms with van der Waals surface area (Å²) in [4.78, 5) is 22.1. The van der Waals surface area contributed by atoms with Crippen LogP contribution in [0.2, 0.25) is 0 Å². The van der Waals surface area contributed by atoms with Crippen molar-refractivity contribution in [1.82, 2.24) is 5.32 Å². The van der Waals surface area contributed by atoms with E-state index in [0.717, 1.165) is 12.8 Å². The van der Waals surface area contributed by atoms with Crippen LogP contribution in [-0.4, -0.2) is 36.2 Å². The predicted molar refractivity (Wildman–Crippen MR) is 58.0 cm³/mol. The van der Waals surface area contributed by atoms with Crippen molar-refractivity contribution < 1.29 is 19.4 Å². The van der Waals surface area contributed by atoms with Crippen molar-refractivity contribution in [2.24, 2.45) is 5.92 Å². The Bertz CT molecular complexity index is 254. The lowest BCUT2D eigenvalue weighted by Crippen LogP contribution is -2.36. The van der Waals surface area contributed by atoms with Gasteiger partial charge in [-0.05, 0) is 25.7 Å². The molecule has 5 heteroatoms. The Labute approximate surface area is 95.2 Å². The lowest BCUT2D eigenvalue weighted by molar-refractivity contribution is -0.141. The topological polar surface area (TPSA) is 75.6 Å². The van der Waals surface area contributed by atoms with Crippen molar-refractivity contribution in [2.45, 2.75) is 38.6 Å². The molecule has 1 rings (SSSR count). The van der Waals surface area contributed by atoms with Crippen molar-refractivity contribution in [3.05, 3.63) is 0 Å². The van der Waals surface area contributed by atoms with Gasteiger partial charge in [0.05, 0.1) is 5.92 Å². The summed E-state index contributed by atoms with van der Waals surface area (Å²) < 4.78 is 5.10. The van der Waals surface area contributed by atoms with Crippen LogP contribution in [0.5, 0.6) is 0 Å². The molecule has 1 saturated carbocycles. The molecule has 0 spiro atoms. The van der Waals surface area contributed by atoms with E-state index in [4.69, 9.17) is 9.84 Å². The Hall–Kier alpha value is -1.10. The summed E-state index contributed by atoms with van der Waals surface area (Å²) in [6, 6.07) is -0.00109. The van der Waals surface area contributed by atoms with Gasteiger partial charge >= 0.3 is 5.97 Å². The summed E-state index contributed by atoms with van der Waals surface area (Å²) in [7, 11) is 0. The van der Waals surface area contributed by atoms with Crippen LogP contribution in [0.4, 0.5) is 0 Å². The van der Waals surface area contributed by atoms with E-state index in [1.165, 1.54) is 0 Å². The molecule has 0 aromatic rings. The maximum Gasteiger partial charge on any atom is 0.306 e. The number of carbonyl (C=O) groups excluding carboxylic acids is 1. The fourth-order valence-electron chi connectivity index (χ4n) is 1.92. The Kier molecular flexibility index (Phi) is 5.25. The highest BCUT2D eigenvalue weighted by molar-refractivity contribution is 5.78. The van der Waals surface area contributed by atoms with Crippen LogP contribution in [0.15, 0.2) is 0 Å². The average molecular weight is 229 g/mol. The van der Waals surface area contributed by atoms with Crippen LogP contribution in [0.1, 0.15) is 32.6 Å². The number of aliphatic carboxylic acids is 1. The molecule has 92 valence electrons. The standard InChI is InChI=1S/C11H19NO4/c1-2-5-16-7-10(13)12-9-4-3-8(6-9)11(14)15/h8-9H,2-7H2,1H3,(H,12,13)(H,14,15)/t8-,9+/m1/s1. The van der Waals surface area contributed by atoms with Gasteiger partial charge in [0.25, 0.3) is 0 Å². The van der Waals surface area contributed by atoms with E-state index in [9.17, 15) is 9.59 Å². The summed E-state index contributed by atoms with van der Waals surface area (Å²) in [5.74, 6) is -1.22. The van der Waals surface area contributed by atoms with Crippen LogP contribution in [0.3, 0.4) is 0 Å². The summed E-state index contributed by atoms with van der Waals surface area (Å²) in [6.45, 7) is 2.63. The molecule has 0 bridgehead atoms. The van der Waals surface area contributed by atoms with E-state index in [2.05, 4.69) is 5.32 Å². The number of carbonyl (C=O) groups is 2. The van der Waals surface area contributed by atoms with Crippen molar-refractivity contribution in [3.8, 4) is 0 Å². The maximum atomic E-state index is 11.4. The number of amides is 1. The third-order valence-corrected chi connectivity index (χ3v) is 2.73. The molecule has 16 heavy (non-hydrogen) atoms. The highest BCUT2D eigenvalue weighted by Crippen LogP contribution is 2.25. The molecule has 0 aromatic carbocycles. The monoisotopic (exact) mass is 229 g/mol. The molecule has 1 fully saturated rings. The predicted octanol–water partition coefficient (Wildman–Crippen LogP) is 0.782. The van der Waals surface area contributed by atoms with Gasteiger partial charge in [-0.15, -0.1) is 0 Å². The first-order valence-electron chi connectivity index (χ1n) is 5.73. The molecule has 5 nitrogen and oxygen atoms in total. The fraction of sp³-hybridized carbons (Fsp3) is 0.818. The summed E-state index contributed by atoms with van der Waals surface area (Å²) >= 11 is 0. The number of ether oxygens (including phenoxy) is 1. The molecule has 2 N–H and O–H groups in total. The quantitative estimate of drug-likeness (QED) is 0.660. The first-order chi connectivity index (χ1) is 7.63. The first kappa shape index (κ1) is 13.0. The van der Waals surface area contributed by atoms with Crippen LogP contribution in [0, 0.1) is 5.92 Å². The van der Waals surface area contributed by atoms with Gasteiger partial charge in [-0.1, -0.05) is 6.92 Å². The van der Waals surface area contributed by atoms with Crippen LogP contribution in [0.25, 0.3) is 0 Å². The van der Waals surface area contributed by atoms with Crippen LogP contribution < -0.4 is 5.32 Å². The molecular weight excluding hydrogens is 210 g/mol. The number of carboxylic acids is 1. The highest BCUT2D eigenvalue weighted by Gasteiger charge is 2.30. The van der Waals surface area contributed by atoms with Gasteiger partial charge in [0.1, 0.15) is 6.61 Å². The van der Waals surface area contributed by atoms with Gasteiger partial charge < -0.3 is 15.2 Å². The Morgan fingerprint density at radius 2 is 2.19 bits per heavy atom. The van der Waals surface area contributed by atoms with E-state index in [-0.39, 0.29) is 24.5 Å². The second kappa shape index (κ2) is 6.48. The zero-order valence-corrected chi connectivity index (χ0v) is 9.57. The molecule has 2 atom stereocenters. The van der Waals surface area contributed by atoms with Crippen LogP contribution in [-0.2, 0) is 14.3 Å². The minimum absolute atomic E-state index is 0.00109. The second-order valence-electron chi connectivity index (χ2n) is 4.17. The zero-order valence-electron chi connectivity index (χ0n) is 9.57. The van der Waals surface area contributed by atoms with Gasteiger partial charge in [-0.3, -0.25) is 9.59 Å². The third kappa shape index (κ3) is 4.18. The summed E-state index contributed by atoms with van der Waals surface area (Å²) in [5, 5.41) is 11.6. The van der Waals surface area contributed by atoms with Gasteiger partial charge in [0.2, 0.25) is 5.91 Å². The van der Waals surface area contributed by atoms with E-state index >= 15 is 0 Å². The SMILES string of the molecule is CCCOCC(=O)N[C@H]1CC[C@@H](C(=O)O)C1. The second-order valence-corrected chi connectivity index (χ2v) is 4.17. The van der Waals surface area contributed by atoms with Gasteiger partial charge in [0.15, 0.2) is 0 Å². The van der Waals surface area contributed by atoms with Gasteiger partial charge in [-0.25, -0.2) is 0 Å². The molecule has 0 aliphatic heterocycles. The third-order valence-electron chi connectivity index (χ3n) is 2.73. The molecule has 0 saturated heterocycles. The lowest BCUT2D eigenvalue weighted by Gasteiger charge is -2.12. The van der Waals surface area contributed by atoms with Crippen LogP contribution >= 0.6 is 0 Å². The van der Waals surface area contributed by atoms with E-state index in [1.54, 1.807) is 0 Å². The van der Waals surface area contributed by atoms with Crippen molar-refractivity contribution in [2.75, 3.05) is 13.2 Å². The number of carboxylic acid groups (broad SMARTS) is 1. The van der Waals surface area contributed by atoms with E-state index < -0.39 is 5.97 Å². The minimum Gasteiger partial charge on any atom is -0.481 e. The number of hydrogen-bond acceptors (Lipinski definition) is 3. The normalized spacial score (nSPS) is 24.3. The average Bonchev–Trinajstić information content (AvgIpc) is 2.66. The molecular formula is C11H19NO4. The Morgan fingerprint density at radius 1 is 1.44 bits per heavy atom. The van der Waals surface area contributed by atoms with E-state index in [0.29, 0.717) is 19.4 Å². The molecule has 1 aliphatic rings. The highest BCUT2D eigenvalue weighted by atomic mass is 16.5. The molecule has 0 aromatic heterocycles. The molecule has 0 radical (unpaired) electrons. The summed E-state index contributed by atoms with van der Waals surface area (Å²) in [5.41, 5.74) is 0. The number of nitrogens with one attached hydrogen (secondary N) is 1. The van der Waals surface area contributed by atoms with Crippen molar-refractivity contribution >= 4 is 11.9 Å². The van der Waals surface area contributed by atoms with Gasteiger partial charge in [0, 0.05) is 12.6 Å². The zero-order chi connectivity index (χ0) is 12.0. The fourth-order valence-corrected chi connectivity index (χ4v) is 1.92. The summed E-state index contributed by atoms with van der Waals surface area (Å²) in [6.07, 6.45) is 2.82. The molecule has 0 unspecified atom stereocenters. The molecule has 0 heterocycles. The van der Waals surface area contributed by atoms with Gasteiger partial charge in [-0.2, -0.15) is 0 Å². The minimum atomic E-state index is -0.765. The van der Waals surface area contributed by atoms with Crippen molar-refractivity contribution in [1.29, 1.82) is 0 Å². The number of rotatable bonds is 6.